The predicted octanol–water partition coefficient (Wildman–Crippen LogP) is 5.05. The minimum absolute atomic E-state index is 0.0975. The molecule has 2 heterocycles. The van der Waals surface area contributed by atoms with Gasteiger partial charge in [0, 0.05) is 22.4 Å². The highest BCUT2D eigenvalue weighted by molar-refractivity contribution is 7.16. The third kappa shape index (κ3) is 3.59. The fourth-order valence-corrected chi connectivity index (χ4v) is 3.71. The van der Waals surface area contributed by atoms with Crippen molar-refractivity contribution in [2.24, 2.45) is 0 Å². The van der Waals surface area contributed by atoms with Crippen molar-refractivity contribution in [3.8, 4) is 0 Å². The molecule has 0 aliphatic rings. The molecule has 120 valence electrons. The highest BCUT2D eigenvalue weighted by atomic mass is 35.5. The molecule has 3 nitrogen and oxygen atoms in total. The van der Waals surface area contributed by atoms with Crippen LogP contribution in [-0.4, -0.2) is 17.4 Å². The SMILES string of the molecule is CCN(Cc1ccc(Cl)s1)C(=O)Cc1coc2cc(C)ccc12. The lowest BCUT2D eigenvalue weighted by Gasteiger charge is -2.19. The van der Waals surface area contributed by atoms with Gasteiger partial charge in [-0.25, -0.2) is 0 Å². The Bertz CT molecular complexity index is 837. The molecule has 0 atom stereocenters. The number of aryl methyl sites for hydroxylation is 1. The van der Waals surface area contributed by atoms with Crippen molar-refractivity contribution >= 4 is 39.8 Å². The molecule has 3 aromatic rings. The molecule has 0 bridgehead atoms. The van der Waals surface area contributed by atoms with E-state index in [9.17, 15) is 4.79 Å². The zero-order valence-electron chi connectivity index (χ0n) is 13.1. The predicted molar refractivity (Wildman–Crippen MR) is 95.1 cm³/mol. The minimum atomic E-state index is 0.0975. The van der Waals surface area contributed by atoms with Crippen LogP contribution in [0.25, 0.3) is 11.0 Å². The van der Waals surface area contributed by atoms with Gasteiger partial charge in [-0.1, -0.05) is 23.7 Å². The quantitative estimate of drug-likeness (QED) is 0.647. The number of carbonyl (C=O) groups is 1. The summed E-state index contributed by atoms with van der Waals surface area (Å²) < 4.78 is 6.33. The van der Waals surface area contributed by atoms with Crippen molar-refractivity contribution < 1.29 is 9.21 Å². The van der Waals surface area contributed by atoms with Crippen molar-refractivity contribution in [2.45, 2.75) is 26.8 Å². The average molecular weight is 348 g/mol. The van der Waals surface area contributed by atoms with Gasteiger partial charge in [0.05, 0.1) is 23.6 Å². The molecule has 23 heavy (non-hydrogen) atoms. The first-order valence-electron chi connectivity index (χ1n) is 7.55. The maximum Gasteiger partial charge on any atom is 0.227 e. The number of furan rings is 1. The number of thiophene rings is 1. The Labute approximate surface area is 144 Å². The maximum absolute atomic E-state index is 12.6. The fraction of sp³-hybridized carbons (Fsp3) is 0.278. The van der Waals surface area contributed by atoms with Gasteiger partial charge >= 0.3 is 0 Å². The maximum atomic E-state index is 12.6. The van der Waals surface area contributed by atoms with Crippen molar-refractivity contribution in [2.75, 3.05) is 6.54 Å². The van der Waals surface area contributed by atoms with Crippen molar-refractivity contribution in [3.63, 3.8) is 0 Å². The third-order valence-corrected chi connectivity index (χ3v) is 5.08. The number of hydrogen-bond donors (Lipinski definition) is 0. The van der Waals surface area contributed by atoms with E-state index in [2.05, 4.69) is 0 Å². The summed E-state index contributed by atoms with van der Waals surface area (Å²) in [5, 5.41) is 1.01. The first-order valence-corrected chi connectivity index (χ1v) is 8.75. The van der Waals surface area contributed by atoms with Crippen LogP contribution in [0.1, 0.15) is 22.9 Å². The molecule has 0 saturated carbocycles. The van der Waals surface area contributed by atoms with E-state index in [1.54, 1.807) is 6.26 Å². The summed E-state index contributed by atoms with van der Waals surface area (Å²) in [5.41, 5.74) is 2.92. The number of likely N-dealkylation sites (N-methyl/N-ethyl adjacent to an activating group) is 1. The molecule has 0 aliphatic carbocycles. The molecule has 3 rings (SSSR count). The van der Waals surface area contributed by atoms with E-state index in [1.165, 1.54) is 11.3 Å². The Kier molecular flexibility index (Phi) is 4.74. The highest BCUT2D eigenvalue weighted by Gasteiger charge is 2.16. The summed E-state index contributed by atoms with van der Waals surface area (Å²) in [6, 6.07) is 9.89. The molecule has 0 spiro atoms. The van der Waals surface area contributed by atoms with Gasteiger partial charge < -0.3 is 9.32 Å². The van der Waals surface area contributed by atoms with Crippen molar-refractivity contribution in [1.29, 1.82) is 0 Å². The Morgan fingerprint density at radius 1 is 1.30 bits per heavy atom. The highest BCUT2D eigenvalue weighted by Crippen LogP contribution is 2.25. The molecule has 0 aliphatic heterocycles. The fourth-order valence-electron chi connectivity index (χ4n) is 2.60. The second kappa shape index (κ2) is 6.77. The molecule has 2 aromatic heterocycles. The van der Waals surface area contributed by atoms with Crippen LogP contribution in [0.3, 0.4) is 0 Å². The number of benzene rings is 1. The van der Waals surface area contributed by atoms with Gasteiger partial charge in [0.2, 0.25) is 5.91 Å². The second-order valence-corrected chi connectivity index (χ2v) is 7.35. The van der Waals surface area contributed by atoms with Crippen LogP contribution in [0.2, 0.25) is 4.34 Å². The molecule has 0 saturated heterocycles. The van der Waals surface area contributed by atoms with Gasteiger partial charge in [-0.2, -0.15) is 0 Å². The van der Waals surface area contributed by atoms with E-state index >= 15 is 0 Å². The smallest absolute Gasteiger partial charge is 0.227 e. The van der Waals surface area contributed by atoms with Gasteiger partial charge in [0.15, 0.2) is 0 Å². The molecule has 0 N–H and O–H groups in total. The summed E-state index contributed by atoms with van der Waals surface area (Å²) in [7, 11) is 0. The lowest BCUT2D eigenvalue weighted by molar-refractivity contribution is -0.130. The zero-order valence-corrected chi connectivity index (χ0v) is 14.7. The number of nitrogens with zero attached hydrogens (tertiary/aromatic N) is 1. The van der Waals surface area contributed by atoms with E-state index in [0.717, 1.165) is 31.3 Å². The summed E-state index contributed by atoms with van der Waals surface area (Å²) in [4.78, 5) is 15.6. The molecular weight excluding hydrogens is 330 g/mol. The molecule has 0 unspecified atom stereocenters. The zero-order chi connectivity index (χ0) is 16.4. The number of rotatable bonds is 5. The first-order chi connectivity index (χ1) is 11.1. The molecule has 0 fully saturated rings. The molecule has 1 amide bonds. The van der Waals surface area contributed by atoms with E-state index < -0.39 is 0 Å². The molecule has 1 aromatic carbocycles. The summed E-state index contributed by atoms with van der Waals surface area (Å²) in [6.45, 7) is 5.28. The first kappa shape index (κ1) is 16.1. The summed E-state index contributed by atoms with van der Waals surface area (Å²) in [6.07, 6.45) is 2.04. The van der Waals surface area contributed by atoms with Crippen molar-refractivity contribution in [1.82, 2.24) is 4.90 Å². The largest absolute Gasteiger partial charge is 0.464 e. The minimum Gasteiger partial charge on any atom is -0.464 e. The second-order valence-electron chi connectivity index (χ2n) is 5.55. The van der Waals surface area contributed by atoms with Crippen LogP contribution in [0.4, 0.5) is 0 Å². The van der Waals surface area contributed by atoms with Gasteiger partial charge in [-0.15, -0.1) is 11.3 Å². The van der Waals surface area contributed by atoms with Crippen LogP contribution in [-0.2, 0) is 17.8 Å². The van der Waals surface area contributed by atoms with Crippen LogP contribution < -0.4 is 0 Å². The summed E-state index contributed by atoms with van der Waals surface area (Å²) in [5.74, 6) is 0.0975. The Balaban J connectivity index is 1.75. The topological polar surface area (TPSA) is 33.5 Å². The van der Waals surface area contributed by atoms with Crippen molar-refractivity contribution in [3.05, 3.63) is 56.9 Å². The lowest BCUT2D eigenvalue weighted by atomic mass is 10.1. The lowest BCUT2D eigenvalue weighted by Crippen LogP contribution is -2.31. The molecule has 0 radical (unpaired) electrons. The van der Waals surface area contributed by atoms with Crippen LogP contribution >= 0.6 is 22.9 Å². The van der Waals surface area contributed by atoms with E-state index in [-0.39, 0.29) is 5.91 Å². The number of carbonyl (C=O) groups excluding carboxylic acids is 1. The van der Waals surface area contributed by atoms with E-state index in [0.29, 0.717) is 19.5 Å². The number of fused-ring (bicyclic) bond motifs is 1. The van der Waals surface area contributed by atoms with Crippen LogP contribution in [0, 0.1) is 6.92 Å². The van der Waals surface area contributed by atoms with Crippen LogP contribution in [0.15, 0.2) is 41.0 Å². The Morgan fingerprint density at radius 3 is 2.83 bits per heavy atom. The van der Waals surface area contributed by atoms with Gasteiger partial charge in [0.25, 0.3) is 0 Å². The molecule has 5 heteroatoms. The number of hydrogen-bond acceptors (Lipinski definition) is 3. The monoisotopic (exact) mass is 347 g/mol. The molecular formula is C18H18ClNO2S. The standard InChI is InChI=1S/C18H18ClNO2S/c1-3-20(10-14-5-7-17(19)23-14)18(21)9-13-11-22-16-8-12(2)4-6-15(13)16/h4-8,11H,3,9-10H2,1-2H3. The Hall–Kier alpha value is -1.78. The van der Waals surface area contributed by atoms with Gasteiger partial charge in [-0.05, 0) is 37.6 Å². The third-order valence-electron chi connectivity index (χ3n) is 3.86. The number of amides is 1. The normalized spacial score (nSPS) is 11.1. The summed E-state index contributed by atoms with van der Waals surface area (Å²) >= 11 is 7.48. The van der Waals surface area contributed by atoms with E-state index in [4.69, 9.17) is 16.0 Å². The van der Waals surface area contributed by atoms with Gasteiger partial charge in [-0.3, -0.25) is 4.79 Å². The van der Waals surface area contributed by atoms with E-state index in [1.807, 2.05) is 49.1 Å². The van der Waals surface area contributed by atoms with Crippen LogP contribution in [0.5, 0.6) is 0 Å². The number of halogens is 1. The van der Waals surface area contributed by atoms with Gasteiger partial charge in [0.1, 0.15) is 5.58 Å². The Morgan fingerprint density at radius 2 is 2.13 bits per heavy atom. The average Bonchev–Trinajstić information content (AvgIpc) is 3.11.